The molecule has 0 bridgehead atoms. The molecule has 0 aliphatic heterocycles. The molecule has 4 atom stereocenters. The quantitative estimate of drug-likeness (QED) is 0.249. The minimum atomic E-state index is -2.14. The van der Waals surface area contributed by atoms with Crippen LogP contribution in [0.25, 0.3) is 0 Å². The molecule has 238 valence electrons. The van der Waals surface area contributed by atoms with Crippen LogP contribution in [0.5, 0.6) is 11.5 Å². The molecule has 0 amide bonds. The van der Waals surface area contributed by atoms with Crippen LogP contribution in [-0.4, -0.2) is 27.6 Å². The van der Waals surface area contributed by atoms with Crippen molar-refractivity contribution in [3.63, 3.8) is 0 Å². The Hall–Kier alpha value is -2.77. The first kappa shape index (κ1) is 34.1. The normalized spacial score (nSPS) is 26.6. The van der Waals surface area contributed by atoms with Crippen LogP contribution in [0, 0.1) is 24.7 Å². The minimum Gasteiger partial charge on any atom is -0.487 e. The first-order valence-electron chi connectivity index (χ1n) is 16.0. The summed E-state index contributed by atoms with van der Waals surface area (Å²) in [4.78, 5) is 0. The van der Waals surface area contributed by atoms with Gasteiger partial charge in [-0.2, -0.15) is 4.21 Å². The van der Waals surface area contributed by atoms with E-state index in [1.165, 1.54) is 11.1 Å². The predicted molar refractivity (Wildman–Crippen MR) is 179 cm³/mol. The predicted octanol–water partition coefficient (Wildman–Crippen LogP) is 8.76. The van der Waals surface area contributed by atoms with Crippen LogP contribution < -0.4 is 9.47 Å². The molecule has 0 radical (unpaired) electrons. The standard InChI is InChI=1S/C38H50O5S/c1-9-25-37(27-13-11-15-33(37)40-31-21-17-29(18-22-31)35(3,4)5)42-44(39)43-38(26-10-2)28-14-12-16-34(38)41-32-23-19-30(20-24-32)36(6,7)8/h1-2,17-24,33-34H,11-16,25-28H2,3-8H3. The van der Waals surface area contributed by atoms with Gasteiger partial charge in [0.15, 0.2) is 0 Å². The first-order chi connectivity index (χ1) is 20.8. The van der Waals surface area contributed by atoms with Gasteiger partial charge in [0.2, 0.25) is 0 Å². The second kappa shape index (κ2) is 14.1. The van der Waals surface area contributed by atoms with Crippen LogP contribution in [-0.2, 0) is 30.6 Å². The highest BCUT2D eigenvalue weighted by molar-refractivity contribution is 7.75. The summed E-state index contributed by atoms with van der Waals surface area (Å²) in [5, 5.41) is 0. The molecule has 2 aliphatic carbocycles. The second-order valence-electron chi connectivity index (χ2n) is 14.5. The summed E-state index contributed by atoms with van der Waals surface area (Å²) in [6, 6.07) is 16.3. The van der Waals surface area contributed by atoms with Crippen molar-refractivity contribution in [1.29, 1.82) is 0 Å². The van der Waals surface area contributed by atoms with Gasteiger partial charge >= 0.3 is 11.4 Å². The summed E-state index contributed by atoms with van der Waals surface area (Å²) in [6.07, 6.45) is 18.0. The van der Waals surface area contributed by atoms with Crippen molar-refractivity contribution < 1.29 is 22.0 Å². The van der Waals surface area contributed by atoms with E-state index < -0.39 is 22.6 Å². The maximum atomic E-state index is 13.9. The fourth-order valence-corrected chi connectivity index (χ4v) is 7.45. The van der Waals surface area contributed by atoms with E-state index >= 15 is 0 Å². The Balaban J connectivity index is 1.54. The molecule has 6 heteroatoms. The summed E-state index contributed by atoms with van der Waals surface area (Å²) in [5.74, 6) is 7.02. The fraction of sp³-hybridized carbons (Fsp3) is 0.579. The van der Waals surface area contributed by atoms with Crippen LogP contribution in [0.2, 0.25) is 0 Å². The molecule has 4 rings (SSSR count). The van der Waals surface area contributed by atoms with Crippen molar-refractivity contribution >= 4 is 11.4 Å². The zero-order valence-electron chi connectivity index (χ0n) is 27.4. The molecular weight excluding hydrogens is 568 g/mol. The monoisotopic (exact) mass is 618 g/mol. The molecular formula is C38H50O5S. The number of benzene rings is 2. The smallest absolute Gasteiger partial charge is 0.306 e. The van der Waals surface area contributed by atoms with Gasteiger partial charge in [0.25, 0.3) is 0 Å². The van der Waals surface area contributed by atoms with E-state index in [2.05, 4.69) is 77.6 Å². The largest absolute Gasteiger partial charge is 0.487 e. The molecule has 0 saturated heterocycles. The Morgan fingerprint density at radius 3 is 1.36 bits per heavy atom. The Kier molecular flexibility index (Phi) is 10.9. The molecule has 2 aliphatic rings. The number of hydrogen-bond acceptors (Lipinski definition) is 5. The van der Waals surface area contributed by atoms with Crippen LogP contribution in [0.3, 0.4) is 0 Å². The molecule has 44 heavy (non-hydrogen) atoms. The van der Waals surface area contributed by atoms with Crippen LogP contribution in [0.4, 0.5) is 0 Å². The third kappa shape index (κ3) is 8.28. The van der Waals surface area contributed by atoms with Gasteiger partial charge in [-0.3, -0.25) is 8.37 Å². The lowest BCUT2D eigenvalue weighted by molar-refractivity contribution is -0.0918. The van der Waals surface area contributed by atoms with Gasteiger partial charge in [-0.05, 0) is 84.7 Å². The van der Waals surface area contributed by atoms with Crippen LogP contribution >= 0.6 is 0 Å². The molecule has 0 heterocycles. The fourth-order valence-electron chi connectivity index (χ4n) is 6.37. The van der Waals surface area contributed by atoms with E-state index in [0.29, 0.717) is 12.8 Å². The highest BCUT2D eigenvalue weighted by Gasteiger charge is 2.49. The van der Waals surface area contributed by atoms with Gasteiger partial charge in [-0.15, -0.1) is 24.7 Å². The molecule has 0 aromatic heterocycles. The summed E-state index contributed by atoms with van der Waals surface area (Å²) in [6.45, 7) is 13.1. The summed E-state index contributed by atoms with van der Waals surface area (Å²) < 4.78 is 39.6. The molecule has 2 aromatic rings. The Labute approximate surface area is 268 Å². The van der Waals surface area contributed by atoms with Crippen molar-refractivity contribution in [2.75, 3.05) is 0 Å². The maximum Gasteiger partial charge on any atom is 0.306 e. The van der Waals surface area contributed by atoms with Crippen molar-refractivity contribution in [1.82, 2.24) is 0 Å². The van der Waals surface area contributed by atoms with E-state index in [-0.39, 0.29) is 35.9 Å². The summed E-state index contributed by atoms with van der Waals surface area (Å²) in [7, 11) is 0. The maximum absolute atomic E-state index is 13.9. The van der Waals surface area contributed by atoms with Gasteiger partial charge in [0, 0.05) is 12.8 Å². The highest BCUT2D eigenvalue weighted by Crippen LogP contribution is 2.42. The van der Waals surface area contributed by atoms with Gasteiger partial charge in [0.1, 0.15) is 34.9 Å². The molecule has 0 spiro atoms. The Bertz CT molecular complexity index is 1240. The second-order valence-corrected chi connectivity index (χ2v) is 15.3. The zero-order chi connectivity index (χ0) is 32.0. The molecule has 0 N–H and O–H groups in total. The average molecular weight is 619 g/mol. The number of terminal acetylenes is 2. The van der Waals surface area contributed by atoms with E-state index in [1.54, 1.807) is 0 Å². The Morgan fingerprint density at radius 1 is 0.682 bits per heavy atom. The van der Waals surface area contributed by atoms with E-state index in [4.69, 9.17) is 30.7 Å². The summed E-state index contributed by atoms with van der Waals surface area (Å²) in [5.41, 5.74) is 0.625. The van der Waals surface area contributed by atoms with Crippen molar-refractivity contribution in [3.05, 3.63) is 59.7 Å². The molecule has 2 saturated carbocycles. The molecule has 2 fully saturated rings. The number of rotatable bonds is 10. The zero-order valence-corrected chi connectivity index (χ0v) is 28.3. The van der Waals surface area contributed by atoms with Gasteiger partial charge in [-0.25, -0.2) is 0 Å². The van der Waals surface area contributed by atoms with Crippen LogP contribution in [0.1, 0.15) is 117 Å². The molecule has 4 unspecified atom stereocenters. The van der Waals surface area contributed by atoms with Crippen LogP contribution in [0.15, 0.2) is 48.5 Å². The summed E-state index contributed by atoms with van der Waals surface area (Å²) >= 11 is -2.14. The number of ether oxygens (including phenoxy) is 2. The van der Waals surface area contributed by atoms with Gasteiger partial charge < -0.3 is 9.47 Å². The molecule has 5 nitrogen and oxygen atoms in total. The lowest BCUT2D eigenvalue weighted by Gasteiger charge is -2.44. The average Bonchev–Trinajstić information content (AvgIpc) is 2.95. The third-order valence-corrected chi connectivity index (χ3v) is 10.0. The van der Waals surface area contributed by atoms with Crippen molar-refractivity contribution in [2.24, 2.45) is 0 Å². The van der Waals surface area contributed by atoms with Gasteiger partial charge in [-0.1, -0.05) is 78.6 Å². The molecule has 2 aromatic carbocycles. The van der Waals surface area contributed by atoms with E-state index in [9.17, 15) is 4.21 Å². The highest BCUT2D eigenvalue weighted by atomic mass is 32.2. The number of hydrogen-bond donors (Lipinski definition) is 0. The minimum absolute atomic E-state index is 0.0405. The first-order valence-corrected chi connectivity index (χ1v) is 17.0. The SMILES string of the molecule is C#CCC1(OS(=O)OC2(CC#C)CCCCC2Oc2ccc(C(C)(C)C)cc2)CCCCC1Oc1ccc(C(C)(C)C)cc1. The van der Waals surface area contributed by atoms with E-state index in [0.717, 1.165) is 50.0 Å². The van der Waals surface area contributed by atoms with E-state index in [1.807, 2.05) is 24.3 Å². The lowest BCUT2D eigenvalue weighted by Crippen LogP contribution is -2.53. The third-order valence-electron chi connectivity index (χ3n) is 9.07. The van der Waals surface area contributed by atoms with Crippen molar-refractivity contribution in [3.8, 4) is 36.2 Å². The van der Waals surface area contributed by atoms with Gasteiger partial charge in [0.05, 0.1) is 0 Å². The Morgan fingerprint density at radius 2 is 1.05 bits per heavy atom. The lowest BCUT2D eigenvalue weighted by atomic mass is 9.80. The topological polar surface area (TPSA) is 54.0 Å². The van der Waals surface area contributed by atoms with Crippen molar-refractivity contribution in [2.45, 2.75) is 140 Å².